The Balaban J connectivity index is 1.83. The van der Waals surface area contributed by atoms with Crippen LogP contribution in [0.5, 0.6) is 0 Å². The van der Waals surface area contributed by atoms with E-state index in [1.165, 1.54) is 11.4 Å². The number of amides is 1. The molecule has 128 valence electrons. The monoisotopic (exact) mass is 332 g/mol. The van der Waals surface area contributed by atoms with Gasteiger partial charge in [0.05, 0.1) is 12.4 Å². The Morgan fingerprint density at radius 2 is 1.68 bits per heavy atom. The fourth-order valence-electron chi connectivity index (χ4n) is 3.19. The SMILES string of the molecule is COCCS(=O)(=O)N1CCC(C(=O)N2CCC(C)CC2)CC1. The molecule has 2 aliphatic heterocycles. The highest BCUT2D eigenvalue weighted by atomic mass is 32.2. The van der Waals surface area contributed by atoms with Crippen LogP contribution in [0.3, 0.4) is 0 Å². The number of ether oxygens (including phenoxy) is 1. The zero-order valence-corrected chi connectivity index (χ0v) is 14.5. The molecule has 0 aromatic rings. The van der Waals surface area contributed by atoms with Gasteiger partial charge in [0.25, 0.3) is 0 Å². The number of piperidine rings is 2. The van der Waals surface area contributed by atoms with Gasteiger partial charge in [0, 0.05) is 39.2 Å². The van der Waals surface area contributed by atoms with Crippen molar-refractivity contribution in [1.29, 1.82) is 0 Å². The second-order valence-corrected chi connectivity index (χ2v) is 8.58. The van der Waals surface area contributed by atoms with Crippen LogP contribution in [-0.2, 0) is 19.6 Å². The molecule has 0 spiro atoms. The Morgan fingerprint density at radius 1 is 1.09 bits per heavy atom. The minimum absolute atomic E-state index is 0.0118. The molecule has 0 atom stereocenters. The van der Waals surface area contributed by atoms with E-state index >= 15 is 0 Å². The van der Waals surface area contributed by atoms with E-state index in [-0.39, 0.29) is 24.2 Å². The van der Waals surface area contributed by atoms with Gasteiger partial charge in [0.1, 0.15) is 0 Å². The molecular weight excluding hydrogens is 304 g/mol. The van der Waals surface area contributed by atoms with Crippen LogP contribution in [0.25, 0.3) is 0 Å². The normalized spacial score (nSPS) is 22.9. The van der Waals surface area contributed by atoms with Gasteiger partial charge in [-0.1, -0.05) is 6.92 Å². The Bertz CT molecular complexity index is 464. The number of hydrogen-bond donors (Lipinski definition) is 0. The lowest BCUT2D eigenvalue weighted by Gasteiger charge is -2.36. The van der Waals surface area contributed by atoms with Crippen molar-refractivity contribution in [2.45, 2.75) is 32.6 Å². The number of likely N-dealkylation sites (tertiary alicyclic amines) is 1. The van der Waals surface area contributed by atoms with E-state index < -0.39 is 10.0 Å². The minimum atomic E-state index is -3.24. The summed E-state index contributed by atoms with van der Waals surface area (Å²) in [4.78, 5) is 14.5. The maximum Gasteiger partial charge on any atom is 0.225 e. The van der Waals surface area contributed by atoms with E-state index in [9.17, 15) is 13.2 Å². The largest absolute Gasteiger partial charge is 0.384 e. The maximum atomic E-state index is 12.5. The van der Waals surface area contributed by atoms with Crippen molar-refractivity contribution in [2.75, 3.05) is 45.6 Å². The highest BCUT2D eigenvalue weighted by molar-refractivity contribution is 7.89. The summed E-state index contributed by atoms with van der Waals surface area (Å²) in [5, 5.41) is 0. The number of rotatable bonds is 5. The number of hydrogen-bond acceptors (Lipinski definition) is 4. The van der Waals surface area contributed by atoms with Crippen LogP contribution in [-0.4, -0.2) is 69.2 Å². The van der Waals surface area contributed by atoms with Gasteiger partial charge in [0.15, 0.2) is 0 Å². The molecule has 0 N–H and O–H groups in total. The standard InChI is InChI=1S/C15H28N2O4S/c1-13-3-7-16(8-4-13)15(18)14-5-9-17(10-6-14)22(19,20)12-11-21-2/h13-14H,3-12H2,1-2H3. The summed E-state index contributed by atoms with van der Waals surface area (Å²) >= 11 is 0. The van der Waals surface area contributed by atoms with Crippen LogP contribution in [0.15, 0.2) is 0 Å². The number of carbonyl (C=O) groups is 1. The van der Waals surface area contributed by atoms with Gasteiger partial charge < -0.3 is 9.64 Å². The molecule has 2 saturated heterocycles. The average molecular weight is 332 g/mol. The molecule has 1 amide bonds. The summed E-state index contributed by atoms with van der Waals surface area (Å²) in [5.41, 5.74) is 0. The third kappa shape index (κ3) is 4.43. The van der Waals surface area contributed by atoms with Crippen molar-refractivity contribution in [3.8, 4) is 0 Å². The number of sulfonamides is 1. The Kier molecular flexibility index (Phi) is 6.23. The lowest BCUT2D eigenvalue weighted by atomic mass is 9.93. The van der Waals surface area contributed by atoms with E-state index in [1.807, 2.05) is 4.90 Å². The van der Waals surface area contributed by atoms with Crippen LogP contribution in [0, 0.1) is 11.8 Å². The van der Waals surface area contributed by atoms with Crippen LogP contribution < -0.4 is 0 Å². The van der Waals surface area contributed by atoms with Crippen molar-refractivity contribution < 1.29 is 17.9 Å². The van der Waals surface area contributed by atoms with Crippen LogP contribution in [0.1, 0.15) is 32.6 Å². The molecule has 0 bridgehead atoms. The Labute approximate surface area is 133 Å². The number of methoxy groups -OCH3 is 1. The molecule has 7 heteroatoms. The third-order valence-electron chi connectivity index (χ3n) is 4.84. The second kappa shape index (κ2) is 7.75. The van der Waals surface area contributed by atoms with Gasteiger partial charge in [-0.3, -0.25) is 4.79 Å². The molecule has 0 aromatic heterocycles. The summed E-state index contributed by atoms with van der Waals surface area (Å²) in [7, 11) is -1.74. The first-order valence-corrected chi connectivity index (χ1v) is 9.80. The topological polar surface area (TPSA) is 66.9 Å². The maximum absolute atomic E-state index is 12.5. The minimum Gasteiger partial charge on any atom is -0.384 e. The van der Waals surface area contributed by atoms with E-state index in [0.717, 1.165) is 25.9 Å². The summed E-state index contributed by atoms with van der Waals surface area (Å²) in [6.45, 7) is 5.05. The zero-order chi connectivity index (χ0) is 16.2. The van der Waals surface area contributed by atoms with Crippen molar-refractivity contribution in [1.82, 2.24) is 9.21 Å². The van der Waals surface area contributed by atoms with Gasteiger partial charge in [-0.15, -0.1) is 0 Å². The van der Waals surface area contributed by atoms with Gasteiger partial charge in [-0.25, -0.2) is 12.7 Å². The highest BCUT2D eigenvalue weighted by Gasteiger charge is 2.33. The van der Waals surface area contributed by atoms with Crippen LogP contribution in [0.4, 0.5) is 0 Å². The van der Waals surface area contributed by atoms with E-state index in [0.29, 0.717) is 31.8 Å². The van der Waals surface area contributed by atoms with Crippen molar-refractivity contribution in [3.63, 3.8) is 0 Å². The summed E-state index contributed by atoms with van der Waals surface area (Å²) in [6.07, 6.45) is 3.43. The molecule has 2 aliphatic rings. The van der Waals surface area contributed by atoms with E-state index in [4.69, 9.17) is 4.74 Å². The molecular formula is C15H28N2O4S. The molecule has 0 aromatic carbocycles. The van der Waals surface area contributed by atoms with Gasteiger partial charge >= 0.3 is 0 Å². The fourth-order valence-corrected chi connectivity index (χ4v) is 4.59. The third-order valence-corrected chi connectivity index (χ3v) is 6.67. The molecule has 0 saturated carbocycles. The zero-order valence-electron chi connectivity index (χ0n) is 13.7. The predicted octanol–water partition coefficient (Wildman–Crippen LogP) is 0.933. The fraction of sp³-hybridized carbons (Fsp3) is 0.933. The summed E-state index contributed by atoms with van der Waals surface area (Å²) in [6, 6.07) is 0. The summed E-state index contributed by atoms with van der Waals surface area (Å²) in [5.74, 6) is 0.937. The molecule has 2 heterocycles. The van der Waals surface area contributed by atoms with Crippen molar-refractivity contribution in [2.24, 2.45) is 11.8 Å². The molecule has 6 nitrogen and oxygen atoms in total. The number of nitrogens with zero attached hydrogens (tertiary/aromatic N) is 2. The van der Waals surface area contributed by atoms with Gasteiger partial charge in [-0.05, 0) is 31.6 Å². The molecule has 0 unspecified atom stereocenters. The number of carbonyl (C=O) groups excluding carboxylic acids is 1. The van der Waals surface area contributed by atoms with E-state index in [2.05, 4.69) is 6.92 Å². The molecule has 22 heavy (non-hydrogen) atoms. The average Bonchev–Trinajstić information content (AvgIpc) is 2.53. The highest BCUT2D eigenvalue weighted by Crippen LogP contribution is 2.24. The van der Waals surface area contributed by atoms with Gasteiger partial charge in [-0.2, -0.15) is 0 Å². The quantitative estimate of drug-likeness (QED) is 0.751. The Hall–Kier alpha value is -0.660. The van der Waals surface area contributed by atoms with Crippen molar-refractivity contribution in [3.05, 3.63) is 0 Å². The molecule has 0 aliphatic carbocycles. The summed E-state index contributed by atoms with van der Waals surface area (Å²) < 4.78 is 30.6. The van der Waals surface area contributed by atoms with E-state index in [1.54, 1.807) is 0 Å². The van der Waals surface area contributed by atoms with Crippen LogP contribution in [0.2, 0.25) is 0 Å². The second-order valence-electron chi connectivity index (χ2n) is 6.49. The van der Waals surface area contributed by atoms with Crippen molar-refractivity contribution >= 4 is 15.9 Å². The molecule has 0 radical (unpaired) electrons. The Morgan fingerprint density at radius 3 is 2.23 bits per heavy atom. The predicted molar refractivity (Wildman–Crippen MR) is 84.9 cm³/mol. The first kappa shape index (κ1) is 17.7. The van der Waals surface area contributed by atoms with Crippen LogP contribution >= 0.6 is 0 Å². The lowest BCUT2D eigenvalue weighted by Crippen LogP contribution is -2.47. The first-order valence-electron chi connectivity index (χ1n) is 8.19. The molecule has 2 fully saturated rings. The lowest BCUT2D eigenvalue weighted by molar-refractivity contribution is -0.138. The van der Waals surface area contributed by atoms with Gasteiger partial charge in [0.2, 0.25) is 15.9 Å². The molecule has 2 rings (SSSR count). The first-order chi connectivity index (χ1) is 10.4. The smallest absolute Gasteiger partial charge is 0.225 e.